The summed E-state index contributed by atoms with van der Waals surface area (Å²) in [7, 11) is 3.88. The summed E-state index contributed by atoms with van der Waals surface area (Å²) >= 11 is 0. The Kier molecular flexibility index (Phi) is 4.95. The normalized spacial score (nSPS) is 12.3. The summed E-state index contributed by atoms with van der Waals surface area (Å²) < 4.78 is 5.46. The fourth-order valence-electron chi connectivity index (χ4n) is 2.56. The summed E-state index contributed by atoms with van der Waals surface area (Å²) in [6, 6.07) is 13.2. The van der Waals surface area contributed by atoms with Gasteiger partial charge in [0.1, 0.15) is 5.76 Å². The van der Waals surface area contributed by atoms with Gasteiger partial charge in [0.05, 0.1) is 23.7 Å². The molecule has 7 nitrogen and oxygen atoms in total. The Balaban J connectivity index is 1.72. The van der Waals surface area contributed by atoms with Crippen LogP contribution in [0.4, 0.5) is 0 Å². The van der Waals surface area contributed by atoms with Crippen molar-refractivity contribution in [1.29, 1.82) is 0 Å². The maximum absolute atomic E-state index is 12.5. The van der Waals surface area contributed by atoms with Crippen LogP contribution < -0.4 is 5.32 Å². The quantitative estimate of drug-likeness (QED) is 0.745. The van der Waals surface area contributed by atoms with Crippen molar-refractivity contribution in [2.45, 2.75) is 13.0 Å². The molecule has 0 saturated carbocycles. The Labute approximate surface area is 146 Å². The van der Waals surface area contributed by atoms with Gasteiger partial charge in [-0.1, -0.05) is 18.2 Å². The number of nitrogens with zero attached hydrogens (tertiary/aromatic N) is 4. The van der Waals surface area contributed by atoms with Gasteiger partial charge in [-0.25, -0.2) is 0 Å². The van der Waals surface area contributed by atoms with Crippen LogP contribution in [0.3, 0.4) is 0 Å². The van der Waals surface area contributed by atoms with Gasteiger partial charge in [-0.05, 0) is 45.3 Å². The number of nitrogens with one attached hydrogen (secondary N) is 1. The van der Waals surface area contributed by atoms with Crippen molar-refractivity contribution in [3.63, 3.8) is 0 Å². The first-order valence-corrected chi connectivity index (χ1v) is 8.03. The van der Waals surface area contributed by atoms with E-state index in [0.717, 1.165) is 11.4 Å². The zero-order valence-electron chi connectivity index (χ0n) is 14.5. The molecule has 0 spiro atoms. The molecule has 3 rings (SSSR count). The van der Waals surface area contributed by atoms with Crippen LogP contribution in [0.25, 0.3) is 5.69 Å². The van der Waals surface area contributed by atoms with Crippen LogP contribution in [0, 0.1) is 6.92 Å². The van der Waals surface area contributed by atoms with Crippen molar-refractivity contribution in [1.82, 2.24) is 25.2 Å². The van der Waals surface area contributed by atoms with Gasteiger partial charge < -0.3 is 9.73 Å². The van der Waals surface area contributed by atoms with E-state index in [9.17, 15) is 4.79 Å². The number of furan rings is 1. The molecule has 0 unspecified atom stereocenters. The summed E-state index contributed by atoms with van der Waals surface area (Å²) in [6.07, 6.45) is 1.63. The molecule has 25 heavy (non-hydrogen) atoms. The Morgan fingerprint density at radius 2 is 1.96 bits per heavy atom. The predicted molar refractivity (Wildman–Crippen MR) is 93.6 cm³/mol. The lowest BCUT2D eigenvalue weighted by Crippen LogP contribution is -2.34. The number of carbonyl (C=O) groups excluding carboxylic acids is 1. The van der Waals surface area contributed by atoms with E-state index in [4.69, 9.17) is 4.42 Å². The van der Waals surface area contributed by atoms with Gasteiger partial charge in [0.25, 0.3) is 5.91 Å². The highest BCUT2D eigenvalue weighted by atomic mass is 16.3. The Bertz CT molecular complexity index is 825. The second kappa shape index (κ2) is 7.31. The number of aromatic nitrogens is 3. The minimum Gasteiger partial charge on any atom is -0.468 e. The van der Waals surface area contributed by atoms with Gasteiger partial charge in [0.15, 0.2) is 5.69 Å². The van der Waals surface area contributed by atoms with Crippen LogP contribution in [0.5, 0.6) is 0 Å². The van der Waals surface area contributed by atoms with Crippen LogP contribution in [0.2, 0.25) is 0 Å². The zero-order valence-corrected chi connectivity index (χ0v) is 14.5. The van der Waals surface area contributed by atoms with Gasteiger partial charge in [-0.3, -0.25) is 9.69 Å². The van der Waals surface area contributed by atoms with Crippen LogP contribution in [-0.2, 0) is 0 Å². The molecule has 0 bridgehead atoms. The third-order valence-electron chi connectivity index (χ3n) is 3.94. The number of aryl methyl sites for hydroxylation is 1. The second-order valence-corrected chi connectivity index (χ2v) is 5.96. The average molecular weight is 339 g/mol. The second-order valence-electron chi connectivity index (χ2n) is 5.96. The average Bonchev–Trinajstić information content (AvgIpc) is 3.25. The molecule has 1 atom stereocenters. The van der Waals surface area contributed by atoms with E-state index in [1.165, 1.54) is 4.80 Å². The van der Waals surface area contributed by atoms with Gasteiger partial charge >= 0.3 is 0 Å². The van der Waals surface area contributed by atoms with E-state index >= 15 is 0 Å². The highest BCUT2D eigenvalue weighted by Crippen LogP contribution is 2.17. The molecule has 3 aromatic rings. The molecule has 1 N–H and O–H groups in total. The Hall–Kier alpha value is -2.93. The predicted octanol–water partition coefficient (Wildman–Crippen LogP) is 2.20. The van der Waals surface area contributed by atoms with Crippen molar-refractivity contribution >= 4 is 5.91 Å². The summed E-state index contributed by atoms with van der Waals surface area (Å²) in [5.74, 6) is 0.549. The topological polar surface area (TPSA) is 76.2 Å². The van der Waals surface area contributed by atoms with Crippen molar-refractivity contribution in [3.8, 4) is 5.69 Å². The van der Waals surface area contributed by atoms with E-state index in [1.54, 1.807) is 13.2 Å². The van der Waals surface area contributed by atoms with E-state index in [0.29, 0.717) is 17.9 Å². The number of rotatable bonds is 6. The smallest absolute Gasteiger partial charge is 0.273 e. The molecule has 1 amide bonds. The molecule has 0 radical (unpaired) electrons. The van der Waals surface area contributed by atoms with E-state index in [1.807, 2.05) is 61.5 Å². The third-order valence-corrected chi connectivity index (χ3v) is 3.94. The molecule has 0 aliphatic carbocycles. The first-order chi connectivity index (χ1) is 12.1. The number of hydrogen-bond acceptors (Lipinski definition) is 5. The first-order valence-electron chi connectivity index (χ1n) is 8.03. The fourth-order valence-corrected chi connectivity index (χ4v) is 2.56. The molecule has 1 aromatic carbocycles. The van der Waals surface area contributed by atoms with Crippen LogP contribution in [0.15, 0.2) is 53.1 Å². The number of hydrogen-bond donors (Lipinski definition) is 1. The van der Waals surface area contributed by atoms with Gasteiger partial charge in [0.2, 0.25) is 0 Å². The fraction of sp³-hybridized carbons (Fsp3) is 0.278. The SMILES string of the molecule is Cc1nn(-c2ccccc2)nc1C(=O)NC[C@@H](c1ccco1)N(C)C. The number of likely N-dealkylation sites (N-methyl/N-ethyl adjacent to an activating group) is 1. The van der Waals surface area contributed by atoms with Crippen molar-refractivity contribution in [2.75, 3.05) is 20.6 Å². The highest BCUT2D eigenvalue weighted by Gasteiger charge is 2.21. The lowest BCUT2D eigenvalue weighted by atomic mass is 10.2. The summed E-state index contributed by atoms with van der Waals surface area (Å²) in [5.41, 5.74) is 1.72. The largest absolute Gasteiger partial charge is 0.468 e. The summed E-state index contributed by atoms with van der Waals surface area (Å²) in [4.78, 5) is 16.0. The zero-order chi connectivity index (χ0) is 17.8. The Morgan fingerprint density at radius 1 is 1.20 bits per heavy atom. The third kappa shape index (κ3) is 3.77. The number of amides is 1. The molecule has 0 fully saturated rings. The van der Waals surface area contributed by atoms with Crippen molar-refractivity contribution < 1.29 is 9.21 Å². The molecular weight excluding hydrogens is 318 g/mol. The van der Waals surface area contributed by atoms with Crippen LogP contribution in [-0.4, -0.2) is 46.4 Å². The van der Waals surface area contributed by atoms with E-state index < -0.39 is 0 Å². The van der Waals surface area contributed by atoms with Crippen molar-refractivity contribution in [2.24, 2.45) is 0 Å². The van der Waals surface area contributed by atoms with Gasteiger partial charge in [-0.15, -0.1) is 5.10 Å². The summed E-state index contributed by atoms with van der Waals surface area (Å²) in [6.45, 7) is 2.19. The number of benzene rings is 1. The monoisotopic (exact) mass is 339 g/mol. The molecule has 0 saturated heterocycles. The van der Waals surface area contributed by atoms with E-state index in [2.05, 4.69) is 15.5 Å². The maximum Gasteiger partial charge on any atom is 0.273 e. The molecule has 2 aromatic heterocycles. The lowest BCUT2D eigenvalue weighted by Gasteiger charge is -2.22. The minimum atomic E-state index is -0.252. The van der Waals surface area contributed by atoms with Crippen molar-refractivity contribution in [3.05, 3.63) is 65.9 Å². The minimum absolute atomic E-state index is 0.0524. The van der Waals surface area contributed by atoms with Crippen LogP contribution >= 0.6 is 0 Å². The van der Waals surface area contributed by atoms with E-state index in [-0.39, 0.29) is 11.9 Å². The molecule has 7 heteroatoms. The van der Waals surface area contributed by atoms with Crippen LogP contribution in [0.1, 0.15) is 28.0 Å². The molecular formula is C18H21N5O2. The lowest BCUT2D eigenvalue weighted by molar-refractivity contribution is 0.0933. The first kappa shape index (κ1) is 16.9. The maximum atomic E-state index is 12.5. The number of para-hydroxylation sites is 1. The molecule has 2 heterocycles. The number of carbonyl (C=O) groups is 1. The summed E-state index contributed by atoms with van der Waals surface area (Å²) in [5, 5.41) is 11.6. The standard InChI is InChI=1S/C18H21N5O2/c1-13-17(21-23(20-13)14-8-5-4-6-9-14)18(24)19-12-15(22(2)3)16-10-7-11-25-16/h4-11,15H,12H2,1-3H3,(H,19,24)/t15-/m0/s1. The molecule has 0 aliphatic heterocycles. The highest BCUT2D eigenvalue weighted by molar-refractivity contribution is 5.93. The molecule has 130 valence electrons. The molecule has 0 aliphatic rings. The van der Waals surface area contributed by atoms with Gasteiger partial charge in [0, 0.05) is 6.54 Å². The Morgan fingerprint density at radius 3 is 2.60 bits per heavy atom. The van der Waals surface area contributed by atoms with Gasteiger partial charge in [-0.2, -0.15) is 9.90 Å².